The first-order valence-corrected chi connectivity index (χ1v) is 10.1. The van der Waals surface area contributed by atoms with E-state index >= 15 is 0 Å². The van der Waals surface area contributed by atoms with Gasteiger partial charge in [0.1, 0.15) is 0 Å². The van der Waals surface area contributed by atoms with E-state index in [0.717, 1.165) is 24.8 Å². The smallest absolute Gasteiger partial charge is 0.167 e. The Bertz CT molecular complexity index is 830. The highest BCUT2D eigenvalue weighted by Crippen LogP contribution is 2.32. The monoisotopic (exact) mass is 371 g/mol. The van der Waals surface area contributed by atoms with Gasteiger partial charge in [-0.3, -0.25) is 4.79 Å². The maximum absolute atomic E-state index is 13.3. The Morgan fingerprint density at radius 2 is 1.39 bits per heavy atom. The largest absolute Gasteiger partial charge is 0.319 e. The Kier molecular flexibility index (Phi) is 7.57. The van der Waals surface area contributed by atoms with Gasteiger partial charge in [0.25, 0.3) is 0 Å². The van der Waals surface area contributed by atoms with Gasteiger partial charge in [0.15, 0.2) is 5.78 Å². The SMILES string of the molecule is CNCC(C(=O)c1ccccc1)C(CCCc1ccccc1)c1ccccc1. The minimum atomic E-state index is -0.0782. The quantitative estimate of drug-likeness (QED) is 0.476. The van der Waals surface area contributed by atoms with E-state index in [1.165, 1.54) is 11.1 Å². The Morgan fingerprint density at radius 3 is 2.00 bits per heavy atom. The van der Waals surface area contributed by atoms with Crippen LogP contribution in [-0.4, -0.2) is 19.4 Å². The summed E-state index contributed by atoms with van der Waals surface area (Å²) in [5, 5.41) is 3.26. The summed E-state index contributed by atoms with van der Waals surface area (Å²) in [4.78, 5) is 13.3. The molecular weight excluding hydrogens is 342 g/mol. The molecule has 2 nitrogen and oxygen atoms in total. The van der Waals surface area contributed by atoms with Crippen LogP contribution in [0.4, 0.5) is 0 Å². The predicted octanol–water partition coefficient (Wildman–Crippen LogP) is 5.51. The molecule has 0 bridgehead atoms. The number of ketones is 1. The first-order chi connectivity index (χ1) is 13.8. The topological polar surface area (TPSA) is 29.1 Å². The molecule has 2 unspecified atom stereocenters. The molecule has 3 aromatic carbocycles. The fraction of sp³-hybridized carbons (Fsp3) is 0.269. The molecule has 28 heavy (non-hydrogen) atoms. The van der Waals surface area contributed by atoms with Crippen molar-refractivity contribution in [3.8, 4) is 0 Å². The first-order valence-electron chi connectivity index (χ1n) is 10.1. The van der Waals surface area contributed by atoms with Crippen LogP contribution in [0.3, 0.4) is 0 Å². The molecule has 144 valence electrons. The third-order valence-electron chi connectivity index (χ3n) is 5.36. The Morgan fingerprint density at radius 1 is 0.821 bits per heavy atom. The van der Waals surface area contributed by atoms with Gasteiger partial charge in [0, 0.05) is 18.0 Å². The highest BCUT2D eigenvalue weighted by Gasteiger charge is 2.29. The van der Waals surface area contributed by atoms with Crippen LogP contribution in [0.2, 0.25) is 0 Å². The number of hydrogen-bond acceptors (Lipinski definition) is 2. The zero-order chi connectivity index (χ0) is 19.6. The minimum Gasteiger partial charge on any atom is -0.319 e. The van der Waals surface area contributed by atoms with E-state index < -0.39 is 0 Å². The highest BCUT2D eigenvalue weighted by molar-refractivity contribution is 5.98. The van der Waals surface area contributed by atoms with Gasteiger partial charge >= 0.3 is 0 Å². The molecule has 0 fully saturated rings. The lowest BCUT2D eigenvalue weighted by Gasteiger charge is -2.27. The van der Waals surface area contributed by atoms with Gasteiger partial charge in [-0.25, -0.2) is 0 Å². The molecule has 0 amide bonds. The summed E-state index contributed by atoms with van der Waals surface area (Å²) in [5.74, 6) is 0.346. The van der Waals surface area contributed by atoms with E-state index in [0.29, 0.717) is 6.54 Å². The van der Waals surface area contributed by atoms with E-state index in [9.17, 15) is 4.79 Å². The minimum absolute atomic E-state index is 0.0782. The number of hydrogen-bond donors (Lipinski definition) is 1. The van der Waals surface area contributed by atoms with Gasteiger partial charge in [-0.05, 0) is 43.4 Å². The molecule has 0 aliphatic rings. The van der Waals surface area contributed by atoms with E-state index in [2.05, 4.69) is 59.9 Å². The Labute approximate surface area is 168 Å². The second-order valence-electron chi connectivity index (χ2n) is 7.29. The number of rotatable bonds is 10. The summed E-state index contributed by atoms with van der Waals surface area (Å²) >= 11 is 0. The van der Waals surface area contributed by atoms with Crippen molar-refractivity contribution in [3.05, 3.63) is 108 Å². The lowest BCUT2D eigenvalue weighted by atomic mass is 9.78. The second-order valence-corrected chi connectivity index (χ2v) is 7.29. The normalized spacial score (nSPS) is 13.0. The maximum Gasteiger partial charge on any atom is 0.167 e. The molecule has 0 aliphatic heterocycles. The number of benzene rings is 3. The second kappa shape index (κ2) is 10.6. The fourth-order valence-corrected chi connectivity index (χ4v) is 3.93. The summed E-state index contributed by atoms with van der Waals surface area (Å²) in [5.41, 5.74) is 3.40. The molecule has 0 aliphatic carbocycles. The Hall–Kier alpha value is -2.71. The number of carbonyl (C=O) groups excluding carboxylic acids is 1. The van der Waals surface area contributed by atoms with Crippen molar-refractivity contribution in [2.24, 2.45) is 5.92 Å². The Balaban J connectivity index is 1.81. The molecule has 1 N–H and O–H groups in total. The zero-order valence-electron chi connectivity index (χ0n) is 16.6. The third kappa shape index (κ3) is 5.40. The molecule has 0 radical (unpaired) electrons. The van der Waals surface area contributed by atoms with E-state index in [1.54, 1.807) is 0 Å². The average molecular weight is 372 g/mol. The molecule has 0 heterocycles. The lowest BCUT2D eigenvalue weighted by Crippen LogP contribution is -2.32. The van der Waals surface area contributed by atoms with Crippen LogP contribution in [0.15, 0.2) is 91.0 Å². The van der Waals surface area contributed by atoms with Crippen molar-refractivity contribution in [1.82, 2.24) is 5.32 Å². The van der Waals surface area contributed by atoms with E-state index in [-0.39, 0.29) is 17.6 Å². The summed E-state index contributed by atoms with van der Waals surface area (Å²) in [6.45, 7) is 0.679. The standard InChI is InChI=1S/C26H29NO/c1-27-20-25(26(28)23-17-9-4-10-18-23)24(22-15-7-3-8-16-22)19-11-14-21-12-5-2-6-13-21/h2-10,12-13,15-18,24-25,27H,11,14,19-20H2,1H3. The van der Waals surface area contributed by atoms with Crippen molar-refractivity contribution < 1.29 is 4.79 Å². The lowest BCUT2D eigenvalue weighted by molar-refractivity contribution is 0.0895. The van der Waals surface area contributed by atoms with Crippen LogP contribution in [0.25, 0.3) is 0 Å². The molecule has 3 aromatic rings. The van der Waals surface area contributed by atoms with Crippen molar-refractivity contribution in [3.63, 3.8) is 0 Å². The fourth-order valence-electron chi connectivity index (χ4n) is 3.93. The van der Waals surface area contributed by atoms with Gasteiger partial charge in [0.2, 0.25) is 0 Å². The first kappa shape index (κ1) is 20.0. The predicted molar refractivity (Wildman–Crippen MR) is 117 cm³/mol. The summed E-state index contributed by atoms with van der Waals surface area (Å²) < 4.78 is 0. The van der Waals surface area contributed by atoms with Crippen molar-refractivity contribution in [1.29, 1.82) is 0 Å². The number of nitrogens with one attached hydrogen (secondary N) is 1. The average Bonchev–Trinajstić information content (AvgIpc) is 2.77. The maximum atomic E-state index is 13.3. The van der Waals surface area contributed by atoms with Gasteiger partial charge < -0.3 is 5.32 Å². The van der Waals surface area contributed by atoms with Crippen molar-refractivity contribution in [2.45, 2.75) is 25.2 Å². The number of Topliss-reactive ketones (excluding diaryl/α,β-unsaturated/α-hetero) is 1. The molecule has 0 aromatic heterocycles. The summed E-state index contributed by atoms with van der Waals surface area (Å²) in [6.07, 6.45) is 3.09. The van der Waals surface area contributed by atoms with Crippen LogP contribution in [-0.2, 0) is 6.42 Å². The van der Waals surface area contributed by atoms with Crippen LogP contribution in [0.5, 0.6) is 0 Å². The van der Waals surface area contributed by atoms with Gasteiger partial charge in [-0.15, -0.1) is 0 Å². The third-order valence-corrected chi connectivity index (χ3v) is 5.36. The molecule has 3 rings (SSSR count). The van der Waals surface area contributed by atoms with Crippen molar-refractivity contribution in [2.75, 3.05) is 13.6 Å². The van der Waals surface area contributed by atoms with Crippen LogP contribution < -0.4 is 5.32 Å². The summed E-state index contributed by atoms with van der Waals surface area (Å²) in [6, 6.07) is 30.8. The summed E-state index contributed by atoms with van der Waals surface area (Å²) in [7, 11) is 1.93. The van der Waals surface area contributed by atoms with Gasteiger partial charge in [-0.1, -0.05) is 91.0 Å². The van der Waals surface area contributed by atoms with E-state index in [4.69, 9.17) is 0 Å². The molecular formula is C26H29NO. The molecule has 0 saturated heterocycles. The molecule has 2 heteroatoms. The van der Waals surface area contributed by atoms with Crippen LogP contribution in [0.1, 0.15) is 40.2 Å². The van der Waals surface area contributed by atoms with Crippen LogP contribution >= 0.6 is 0 Å². The van der Waals surface area contributed by atoms with Gasteiger partial charge in [0.05, 0.1) is 0 Å². The number of aryl methyl sites for hydroxylation is 1. The van der Waals surface area contributed by atoms with Gasteiger partial charge in [-0.2, -0.15) is 0 Å². The molecule has 2 atom stereocenters. The van der Waals surface area contributed by atoms with Crippen molar-refractivity contribution >= 4 is 5.78 Å². The molecule has 0 saturated carbocycles. The zero-order valence-corrected chi connectivity index (χ0v) is 16.6. The molecule has 0 spiro atoms. The van der Waals surface area contributed by atoms with Crippen LogP contribution in [0, 0.1) is 5.92 Å². The van der Waals surface area contributed by atoms with E-state index in [1.807, 2.05) is 43.4 Å². The number of carbonyl (C=O) groups is 1. The highest BCUT2D eigenvalue weighted by atomic mass is 16.1.